The lowest BCUT2D eigenvalue weighted by atomic mass is 9.93. The number of nitrogens with zero attached hydrogens (tertiary/aromatic N) is 9. The molecule has 0 aliphatic heterocycles. The van der Waals surface area contributed by atoms with Crippen molar-refractivity contribution in [3.63, 3.8) is 0 Å². The summed E-state index contributed by atoms with van der Waals surface area (Å²) < 4.78 is 18.6. The molecule has 638 valence electrons. The molecule has 0 aliphatic rings. The number of fused-ring (bicyclic) bond motifs is 24. The molecule has 0 aliphatic carbocycles. The Balaban J connectivity index is 0.000000107. The average Bonchev–Trinajstić information content (AvgIpc) is 1.62. The van der Waals surface area contributed by atoms with Crippen LogP contribution in [0.3, 0.4) is 0 Å². The van der Waals surface area contributed by atoms with Crippen molar-refractivity contribution in [2.24, 2.45) is 0 Å². The van der Waals surface area contributed by atoms with Crippen LogP contribution in [0.25, 0.3) is 277 Å². The van der Waals surface area contributed by atoms with Crippen molar-refractivity contribution >= 4 is 152 Å². The van der Waals surface area contributed by atoms with Crippen LogP contribution >= 0.6 is 0 Å². The molecule has 0 radical (unpaired) electrons. The van der Waals surface area contributed by atoms with E-state index in [4.69, 9.17) is 58.1 Å². The van der Waals surface area contributed by atoms with Gasteiger partial charge in [-0.1, -0.05) is 394 Å². The summed E-state index contributed by atoms with van der Waals surface area (Å²) in [6, 6.07) is 157. The second kappa shape index (κ2) is 33.3. The van der Waals surface area contributed by atoms with Gasteiger partial charge in [-0.15, -0.1) is 0 Å². The van der Waals surface area contributed by atoms with Gasteiger partial charge in [-0.25, -0.2) is 44.9 Å². The predicted molar refractivity (Wildman–Crippen MR) is 561 cm³/mol. The highest BCUT2D eigenvalue weighted by molar-refractivity contribution is 6.27. The van der Waals surface area contributed by atoms with Gasteiger partial charge in [0.05, 0.1) is 0 Å². The van der Waals surface area contributed by atoms with Crippen LogP contribution in [0, 0.1) is 0 Å². The van der Waals surface area contributed by atoms with Crippen LogP contribution in [0.4, 0.5) is 0 Å². The maximum Gasteiger partial charge on any atom is 0.164 e. The van der Waals surface area contributed by atoms with Gasteiger partial charge in [-0.3, -0.25) is 0 Å². The molecule has 0 amide bonds. The maximum atomic E-state index is 6.27. The Kier molecular flexibility index (Phi) is 19.3. The zero-order valence-corrected chi connectivity index (χ0v) is 73.6. The molecule has 12 heteroatoms. The van der Waals surface area contributed by atoms with E-state index in [9.17, 15) is 0 Å². The van der Waals surface area contributed by atoms with Crippen LogP contribution in [0.5, 0.6) is 0 Å². The summed E-state index contributed by atoms with van der Waals surface area (Å²) in [6.45, 7) is 0. The molecule has 0 unspecified atom stereocenters. The molecule has 0 N–H and O–H groups in total. The van der Waals surface area contributed by atoms with E-state index in [1.807, 2.05) is 140 Å². The Labute approximate surface area is 784 Å². The zero-order chi connectivity index (χ0) is 90.4. The van der Waals surface area contributed by atoms with Crippen molar-refractivity contribution in [3.05, 3.63) is 455 Å². The summed E-state index contributed by atoms with van der Waals surface area (Å²) >= 11 is 0. The van der Waals surface area contributed by atoms with Gasteiger partial charge in [-0.2, -0.15) is 0 Å². The Morgan fingerprint density at radius 3 is 0.949 bits per heavy atom. The first-order chi connectivity index (χ1) is 67.9. The van der Waals surface area contributed by atoms with Crippen molar-refractivity contribution < 1.29 is 13.3 Å². The number of rotatable bonds is 11. The monoisotopic (exact) mass is 1750 g/mol. The van der Waals surface area contributed by atoms with Gasteiger partial charge in [0.25, 0.3) is 0 Å². The molecule has 0 bridgehead atoms. The van der Waals surface area contributed by atoms with Crippen molar-refractivity contribution in [1.29, 1.82) is 0 Å². The van der Waals surface area contributed by atoms with Gasteiger partial charge in [0.1, 0.15) is 33.5 Å². The summed E-state index contributed by atoms with van der Waals surface area (Å²) in [5.41, 5.74) is 18.4. The molecule has 0 saturated carbocycles. The lowest BCUT2D eigenvalue weighted by Crippen LogP contribution is -2.00. The molecule has 28 aromatic rings. The van der Waals surface area contributed by atoms with Crippen molar-refractivity contribution in [2.75, 3.05) is 0 Å². The number of hydrogen-bond donors (Lipinski definition) is 0. The molecule has 0 spiro atoms. The van der Waals surface area contributed by atoms with Crippen LogP contribution in [0.2, 0.25) is 0 Å². The predicted octanol–water partition coefficient (Wildman–Crippen LogP) is 32.9. The molecular formula is C125H75N9O3. The summed E-state index contributed by atoms with van der Waals surface area (Å²) in [6.07, 6.45) is 0. The first-order valence-electron chi connectivity index (χ1n) is 45.9. The minimum Gasteiger partial charge on any atom is -0.456 e. The zero-order valence-electron chi connectivity index (χ0n) is 73.6. The van der Waals surface area contributed by atoms with Gasteiger partial charge in [0.2, 0.25) is 0 Å². The highest BCUT2D eigenvalue weighted by atomic mass is 16.3. The van der Waals surface area contributed by atoms with Gasteiger partial charge in [0.15, 0.2) is 52.4 Å². The second-order valence-corrected chi connectivity index (χ2v) is 34.4. The second-order valence-electron chi connectivity index (χ2n) is 34.4. The van der Waals surface area contributed by atoms with E-state index in [2.05, 4.69) is 315 Å². The average molecular weight is 1750 g/mol. The van der Waals surface area contributed by atoms with E-state index in [1.165, 1.54) is 70.6 Å². The Morgan fingerprint density at radius 2 is 0.409 bits per heavy atom. The lowest BCUT2D eigenvalue weighted by Gasteiger charge is -2.13. The van der Waals surface area contributed by atoms with Crippen LogP contribution in [-0.2, 0) is 0 Å². The Hall–Kier alpha value is -18.7. The Bertz CT molecular complexity index is 9650. The fraction of sp³-hybridized carbons (Fsp3) is 0. The number of benzene rings is 22. The summed E-state index contributed by atoms with van der Waals surface area (Å²) in [5, 5.41) is 25.3. The molecule has 6 heterocycles. The largest absolute Gasteiger partial charge is 0.456 e. The van der Waals surface area contributed by atoms with E-state index in [1.54, 1.807) is 0 Å². The summed E-state index contributed by atoms with van der Waals surface area (Å²) in [5.74, 6) is 5.72. The molecule has 0 saturated heterocycles. The number of hydrogen-bond acceptors (Lipinski definition) is 12. The third-order valence-corrected chi connectivity index (χ3v) is 26.4. The molecule has 22 aromatic carbocycles. The molecular weight excluding hydrogens is 1680 g/mol. The quantitative estimate of drug-likeness (QED) is 0.113. The molecule has 0 atom stereocenters. The van der Waals surface area contributed by atoms with Crippen LogP contribution < -0.4 is 0 Å². The number of aromatic nitrogens is 9. The SMILES string of the molecule is c1ccc(-c2nc(-c3ccc(-c4ccccc4-c4ccccc4)cc3)nc(-c3cccc4ccc5oc6ccccc6c5c34)n2)cc1.c1ccc(-c2nc(-c3ccc4c(ccc5oc6ccccc6c54)c3)nc(-c3ccc4ccc5ccccc5c4c3)n2)cc1.c1ccc(-c2nc(-c3ccc4c5ccccc5c5ccccc5c4c3)nc(-c3cccc4c3ccc3oc5ccccc5c34)n2)cc1. The van der Waals surface area contributed by atoms with E-state index in [0.29, 0.717) is 52.4 Å². The Morgan fingerprint density at radius 1 is 0.117 bits per heavy atom. The normalized spacial score (nSPS) is 11.6. The minimum absolute atomic E-state index is 0.621. The van der Waals surface area contributed by atoms with Crippen LogP contribution in [-0.4, -0.2) is 44.9 Å². The maximum absolute atomic E-state index is 6.27. The van der Waals surface area contributed by atoms with E-state index < -0.39 is 0 Å². The molecule has 12 nitrogen and oxygen atoms in total. The van der Waals surface area contributed by atoms with Gasteiger partial charge < -0.3 is 13.3 Å². The molecule has 28 rings (SSSR count). The standard InChI is InChI=1S/C43H25N3O.C43H27N3O.C39H23N3O/c1-2-11-26(12-3-1)41-44-42(27-21-22-32-30-15-5-4-13-28(30)29-14-6-7-16-31(29)37(32)25-27)46-43(45-41)35-19-10-18-34-33(35)23-24-39-40(34)36-17-8-9-20-38(36)47-39;1-3-12-28(13-4-1)33-17-7-8-18-34(33)29-22-24-32(25-23-29)42-44-41(31-14-5-2-6-15-31)45-43(46-42)36-20-11-16-30-26-27-38-40(39(30)36)35-19-9-10-21-37(35)47-38;1-2-9-26(10-3-1)37-40-38(28-18-20-31-27(22-28)19-21-35-36(31)32-12-6-7-13-34(32)43-35)42-39(41-37)29-17-16-25-15-14-24-8-4-5-11-30(24)33(25)23-29/h1-25H;1-27H;1-23H. The van der Waals surface area contributed by atoms with Crippen LogP contribution in [0.15, 0.2) is 468 Å². The van der Waals surface area contributed by atoms with E-state index >= 15 is 0 Å². The molecule has 0 fully saturated rings. The van der Waals surface area contributed by atoms with Gasteiger partial charge in [0, 0.05) is 87.8 Å². The highest BCUT2D eigenvalue weighted by Gasteiger charge is 2.24. The third kappa shape index (κ3) is 14.2. The first-order valence-corrected chi connectivity index (χ1v) is 45.9. The molecule has 6 aromatic heterocycles. The summed E-state index contributed by atoms with van der Waals surface area (Å²) in [4.78, 5) is 45.6. The molecule has 137 heavy (non-hydrogen) atoms. The van der Waals surface area contributed by atoms with Gasteiger partial charge in [-0.05, 0) is 164 Å². The minimum atomic E-state index is 0.621. The van der Waals surface area contributed by atoms with Crippen molar-refractivity contribution in [2.45, 2.75) is 0 Å². The fourth-order valence-corrected chi connectivity index (χ4v) is 19.9. The topological polar surface area (TPSA) is 155 Å². The van der Waals surface area contributed by atoms with E-state index in [0.717, 1.165) is 154 Å². The first kappa shape index (κ1) is 79.3. The fourth-order valence-electron chi connectivity index (χ4n) is 19.9. The smallest absolute Gasteiger partial charge is 0.164 e. The lowest BCUT2D eigenvalue weighted by molar-refractivity contribution is 0.669. The van der Waals surface area contributed by atoms with E-state index in [-0.39, 0.29) is 0 Å². The van der Waals surface area contributed by atoms with Crippen molar-refractivity contribution in [3.8, 4) is 125 Å². The van der Waals surface area contributed by atoms with Gasteiger partial charge >= 0.3 is 0 Å². The van der Waals surface area contributed by atoms with Crippen LogP contribution in [0.1, 0.15) is 0 Å². The number of para-hydroxylation sites is 3. The highest BCUT2D eigenvalue weighted by Crippen LogP contribution is 2.46. The third-order valence-electron chi connectivity index (χ3n) is 26.4. The summed E-state index contributed by atoms with van der Waals surface area (Å²) in [7, 11) is 0. The number of furan rings is 3. The van der Waals surface area contributed by atoms with Crippen molar-refractivity contribution in [1.82, 2.24) is 44.9 Å².